The third-order valence-corrected chi connectivity index (χ3v) is 3.15. The van der Waals surface area contributed by atoms with Crippen LogP contribution < -0.4 is 10.1 Å². The smallest absolute Gasteiger partial charge is 0.406 e. The first-order chi connectivity index (χ1) is 9.31. The van der Waals surface area contributed by atoms with Crippen LogP contribution in [0.15, 0.2) is 24.3 Å². The number of aryl methyl sites for hydroxylation is 1. The van der Waals surface area contributed by atoms with Gasteiger partial charge in [0.1, 0.15) is 5.75 Å². The second-order valence-corrected chi connectivity index (χ2v) is 5.14. The zero-order chi connectivity index (χ0) is 15.2. The van der Waals surface area contributed by atoms with Gasteiger partial charge in [0.15, 0.2) is 0 Å². The van der Waals surface area contributed by atoms with E-state index in [4.69, 9.17) is 0 Å². The minimum absolute atomic E-state index is 0.153. The van der Waals surface area contributed by atoms with E-state index >= 15 is 0 Å². The molecule has 2 nitrogen and oxygen atoms in total. The standard InChI is InChI=1S/C15H22F3NO/c1-4-19-14(11(2)3)9-8-12-6-5-7-13(10-12)20-15(16,17)18/h5-7,10-11,14,19H,4,8-9H2,1-3H3. The minimum atomic E-state index is -4.64. The number of hydrogen-bond acceptors (Lipinski definition) is 2. The first-order valence-electron chi connectivity index (χ1n) is 6.90. The summed E-state index contributed by atoms with van der Waals surface area (Å²) in [5, 5.41) is 3.39. The second kappa shape index (κ2) is 7.53. The molecule has 0 saturated carbocycles. The SMILES string of the molecule is CCNC(CCc1cccc(OC(F)(F)F)c1)C(C)C. The average Bonchev–Trinajstić information content (AvgIpc) is 2.32. The molecule has 1 rings (SSSR count). The summed E-state index contributed by atoms with van der Waals surface area (Å²) in [5.41, 5.74) is 0.857. The topological polar surface area (TPSA) is 21.3 Å². The van der Waals surface area contributed by atoms with Gasteiger partial charge in [0, 0.05) is 6.04 Å². The molecule has 0 aliphatic heterocycles. The molecule has 0 aliphatic rings. The van der Waals surface area contributed by atoms with Crippen LogP contribution in [-0.2, 0) is 6.42 Å². The fourth-order valence-corrected chi connectivity index (χ4v) is 2.15. The molecular formula is C15H22F3NO. The molecule has 1 aromatic rings. The zero-order valence-electron chi connectivity index (χ0n) is 12.1. The summed E-state index contributed by atoms with van der Waals surface area (Å²) in [6.07, 6.45) is -3.02. The van der Waals surface area contributed by atoms with Crippen LogP contribution >= 0.6 is 0 Å². The number of rotatable bonds is 7. The molecular weight excluding hydrogens is 267 g/mol. The summed E-state index contributed by atoms with van der Waals surface area (Å²) >= 11 is 0. The van der Waals surface area contributed by atoms with Crippen molar-refractivity contribution in [3.63, 3.8) is 0 Å². The molecule has 1 atom stereocenters. The predicted octanol–water partition coefficient (Wildman–Crippen LogP) is 4.15. The lowest BCUT2D eigenvalue weighted by Gasteiger charge is -2.21. The lowest BCUT2D eigenvalue weighted by molar-refractivity contribution is -0.274. The van der Waals surface area contributed by atoms with Gasteiger partial charge in [-0.2, -0.15) is 0 Å². The molecule has 20 heavy (non-hydrogen) atoms. The highest BCUT2D eigenvalue weighted by molar-refractivity contribution is 5.28. The van der Waals surface area contributed by atoms with E-state index in [9.17, 15) is 13.2 Å². The fourth-order valence-electron chi connectivity index (χ4n) is 2.15. The maximum Gasteiger partial charge on any atom is 0.573 e. The van der Waals surface area contributed by atoms with E-state index in [1.807, 2.05) is 13.0 Å². The van der Waals surface area contributed by atoms with Crippen molar-refractivity contribution in [2.75, 3.05) is 6.54 Å². The summed E-state index contributed by atoms with van der Waals surface area (Å²) < 4.78 is 40.4. The van der Waals surface area contributed by atoms with E-state index in [1.165, 1.54) is 12.1 Å². The molecule has 0 aromatic heterocycles. The Morgan fingerprint density at radius 1 is 1.25 bits per heavy atom. The van der Waals surface area contributed by atoms with Gasteiger partial charge in [0.05, 0.1) is 0 Å². The van der Waals surface area contributed by atoms with Crippen LogP contribution in [0.5, 0.6) is 5.75 Å². The molecule has 0 bridgehead atoms. The number of ether oxygens (including phenoxy) is 1. The van der Waals surface area contributed by atoms with Crippen molar-refractivity contribution in [2.45, 2.75) is 46.0 Å². The van der Waals surface area contributed by atoms with Gasteiger partial charge in [0.2, 0.25) is 0 Å². The molecule has 5 heteroatoms. The molecule has 1 unspecified atom stereocenters. The van der Waals surface area contributed by atoms with Crippen molar-refractivity contribution in [3.05, 3.63) is 29.8 Å². The van der Waals surface area contributed by atoms with Gasteiger partial charge >= 0.3 is 6.36 Å². The molecule has 0 heterocycles. The summed E-state index contributed by atoms with van der Waals surface area (Å²) in [5.74, 6) is 0.337. The number of nitrogens with one attached hydrogen (secondary N) is 1. The van der Waals surface area contributed by atoms with E-state index in [2.05, 4.69) is 23.9 Å². The number of benzene rings is 1. The van der Waals surface area contributed by atoms with E-state index in [1.54, 1.807) is 6.07 Å². The van der Waals surface area contributed by atoms with Crippen molar-refractivity contribution in [1.82, 2.24) is 5.32 Å². The molecule has 0 radical (unpaired) electrons. The molecule has 0 fully saturated rings. The molecule has 1 N–H and O–H groups in total. The van der Waals surface area contributed by atoms with Gasteiger partial charge in [-0.15, -0.1) is 13.2 Å². The molecule has 1 aromatic carbocycles. The highest BCUT2D eigenvalue weighted by Crippen LogP contribution is 2.24. The Hall–Kier alpha value is -1.23. The average molecular weight is 289 g/mol. The molecule has 0 amide bonds. The monoisotopic (exact) mass is 289 g/mol. The predicted molar refractivity (Wildman–Crippen MR) is 73.7 cm³/mol. The summed E-state index contributed by atoms with van der Waals surface area (Å²) in [6.45, 7) is 7.21. The third kappa shape index (κ3) is 6.28. The summed E-state index contributed by atoms with van der Waals surface area (Å²) in [7, 11) is 0. The van der Waals surface area contributed by atoms with Crippen LogP contribution in [0.2, 0.25) is 0 Å². The Labute approximate surface area is 118 Å². The van der Waals surface area contributed by atoms with Crippen molar-refractivity contribution in [2.24, 2.45) is 5.92 Å². The van der Waals surface area contributed by atoms with E-state index in [-0.39, 0.29) is 5.75 Å². The van der Waals surface area contributed by atoms with Gasteiger partial charge < -0.3 is 10.1 Å². The van der Waals surface area contributed by atoms with Gasteiger partial charge in [-0.3, -0.25) is 0 Å². The molecule has 0 saturated heterocycles. The Kier molecular flexibility index (Phi) is 6.33. The van der Waals surface area contributed by atoms with Gasteiger partial charge in [0.25, 0.3) is 0 Å². The minimum Gasteiger partial charge on any atom is -0.406 e. The molecule has 0 spiro atoms. The first-order valence-corrected chi connectivity index (χ1v) is 6.90. The highest BCUT2D eigenvalue weighted by atomic mass is 19.4. The number of hydrogen-bond donors (Lipinski definition) is 1. The van der Waals surface area contributed by atoms with Crippen LogP contribution in [0.4, 0.5) is 13.2 Å². The van der Waals surface area contributed by atoms with Gasteiger partial charge in [-0.25, -0.2) is 0 Å². The van der Waals surface area contributed by atoms with Crippen LogP contribution in [0.25, 0.3) is 0 Å². The van der Waals surface area contributed by atoms with Crippen LogP contribution in [0.1, 0.15) is 32.8 Å². The van der Waals surface area contributed by atoms with Crippen molar-refractivity contribution >= 4 is 0 Å². The van der Waals surface area contributed by atoms with E-state index in [0.717, 1.165) is 24.9 Å². The van der Waals surface area contributed by atoms with E-state index < -0.39 is 6.36 Å². The Morgan fingerprint density at radius 3 is 2.50 bits per heavy atom. The van der Waals surface area contributed by atoms with E-state index in [0.29, 0.717) is 12.0 Å². The van der Waals surface area contributed by atoms with Crippen LogP contribution in [-0.4, -0.2) is 18.9 Å². The maximum atomic E-state index is 12.2. The summed E-state index contributed by atoms with van der Waals surface area (Å²) in [6, 6.07) is 6.56. The lowest BCUT2D eigenvalue weighted by atomic mass is 9.96. The Morgan fingerprint density at radius 2 is 1.95 bits per heavy atom. The number of alkyl halides is 3. The number of halogens is 3. The van der Waals surface area contributed by atoms with Crippen molar-refractivity contribution in [1.29, 1.82) is 0 Å². The van der Waals surface area contributed by atoms with Crippen LogP contribution in [0.3, 0.4) is 0 Å². The van der Waals surface area contributed by atoms with Crippen LogP contribution in [0, 0.1) is 5.92 Å². The molecule has 114 valence electrons. The Balaban J connectivity index is 2.61. The highest BCUT2D eigenvalue weighted by Gasteiger charge is 2.31. The second-order valence-electron chi connectivity index (χ2n) is 5.14. The largest absolute Gasteiger partial charge is 0.573 e. The Bertz CT molecular complexity index is 404. The fraction of sp³-hybridized carbons (Fsp3) is 0.600. The third-order valence-electron chi connectivity index (χ3n) is 3.15. The lowest BCUT2D eigenvalue weighted by Crippen LogP contribution is -2.34. The first kappa shape index (κ1) is 16.8. The van der Waals surface area contributed by atoms with Gasteiger partial charge in [-0.05, 0) is 43.0 Å². The van der Waals surface area contributed by atoms with Crippen molar-refractivity contribution < 1.29 is 17.9 Å². The van der Waals surface area contributed by atoms with Gasteiger partial charge in [-0.1, -0.05) is 32.9 Å². The quantitative estimate of drug-likeness (QED) is 0.814. The summed E-state index contributed by atoms with van der Waals surface area (Å²) in [4.78, 5) is 0. The normalized spacial score (nSPS) is 13.6. The zero-order valence-corrected chi connectivity index (χ0v) is 12.1. The molecule has 0 aliphatic carbocycles. The van der Waals surface area contributed by atoms with Crippen molar-refractivity contribution in [3.8, 4) is 5.75 Å². The maximum absolute atomic E-state index is 12.2.